The fourth-order valence-corrected chi connectivity index (χ4v) is 7.47. The smallest absolute Gasteiger partial charge is 0.327 e. The minimum absolute atomic E-state index is 0.109. The molecule has 0 amide bonds. The molecule has 0 radical (unpaired) electrons. The molecule has 2 aromatic rings. The van der Waals surface area contributed by atoms with Crippen LogP contribution in [0, 0.1) is 5.92 Å². The number of aliphatic carboxylic acids is 1. The standard InChI is InChI=1S/C25H27Cl2NO7S/c1-34-25(31)23-22(16-8-5-9-17(13-16)35-18-10-11-19(26)20(27)14-18)28(36(23,32)33)21(24(29)30)12-15-6-3-2-4-7-15/h5,8-11,13-15,21-23H,2-4,6-7,12H2,1H3,(H,29,30)/t21-,22-,23+/m0/s1. The van der Waals surface area contributed by atoms with E-state index in [1.165, 1.54) is 0 Å². The van der Waals surface area contributed by atoms with Crippen molar-refractivity contribution in [3.8, 4) is 11.5 Å². The molecule has 2 fully saturated rings. The van der Waals surface area contributed by atoms with Crippen LogP contribution in [0.4, 0.5) is 0 Å². The lowest BCUT2D eigenvalue weighted by atomic mass is 9.84. The van der Waals surface area contributed by atoms with Gasteiger partial charge in [-0.05, 0) is 42.2 Å². The van der Waals surface area contributed by atoms with Crippen molar-refractivity contribution in [1.82, 2.24) is 4.31 Å². The van der Waals surface area contributed by atoms with Crippen LogP contribution >= 0.6 is 23.2 Å². The van der Waals surface area contributed by atoms with Crippen molar-refractivity contribution in [1.29, 1.82) is 0 Å². The Morgan fingerprint density at radius 1 is 1.06 bits per heavy atom. The zero-order valence-electron chi connectivity index (χ0n) is 19.6. The van der Waals surface area contributed by atoms with Gasteiger partial charge in [0.2, 0.25) is 10.0 Å². The van der Waals surface area contributed by atoms with Gasteiger partial charge in [0.25, 0.3) is 0 Å². The fourth-order valence-electron chi connectivity index (χ4n) is 5.07. The van der Waals surface area contributed by atoms with Crippen molar-refractivity contribution in [2.24, 2.45) is 5.92 Å². The molecule has 0 unspecified atom stereocenters. The molecule has 194 valence electrons. The van der Waals surface area contributed by atoms with E-state index in [-0.39, 0.29) is 12.3 Å². The number of halogens is 2. The minimum Gasteiger partial charge on any atom is -0.480 e. The summed E-state index contributed by atoms with van der Waals surface area (Å²) in [6.07, 6.45) is 4.98. The molecular formula is C25H27Cl2NO7S. The maximum atomic E-state index is 13.3. The fraction of sp³-hybridized carbons (Fsp3) is 0.440. The first-order valence-corrected chi connectivity index (χ1v) is 13.9. The van der Waals surface area contributed by atoms with Gasteiger partial charge in [0.15, 0.2) is 5.25 Å². The number of carbonyl (C=O) groups excluding carboxylic acids is 1. The number of hydrogen-bond acceptors (Lipinski definition) is 6. The first-order valence-electron chi connectivity index (χ1n) is 11.7. The van der Waals surface area contributed by atoms with Crippen molar-refractivity contribution in [2.75, 3.05) is 7.11 Å². The lowest BCUT2D eigenvalue weighted by Gasteiger charge is -2.48. The third kappa shape index (κ3) is 5.34. The molecular weight excluding hydrogens is 529 g/mol. The average molecular weight is 556 g/mol. The predicted molar refractivity (Wildman–Crippen MR) is 135 cm³/mol. The number of carbonyl (C=O) groups is 2. The maximum absolute atomic E-state index is 13.3. The van der Waals surface area contributed by atoms with Gasteiger partial charge in [-0.2, -0.15) is 4.31 Å². The van der Waals surface area contributed by atoms with Crippen LogP contribution in [0.3, 0.4) is 0 Å². The average Bonchev–Trinajstić information content (AvgIpc) is 2.85. The van der Waals surface area contributed by atoms with E-state index in [4.69, 9.17) is 32.7 Å². The van der Waals surface area contributed by atoms with Gasteiger partial charge in [-0.3, -0.25) is 9.59 Å². The molecule has 4 rings (SSSR count). The third-order valence-corrected chi connectivity index (χ3v) is 9.71. The Labute approximate surface area is 220 Å². The number of rotatable bonds is 8. The Hall–Kier alpha value is -2.33. The van der Waals surface area contributed by atoms with Crippen LogP contribution in [0.1, 0.15) is 50.1 Å². The molecule has 1 aliphatic heterocycles. The summed E-state index contributed by atoms with van der Waals surface area (Å²) in [4.78, 5) is 24.8. The van der Waals surface area contributed by atoms with E-state index in [1.807, 2.05) is 0 Å². The highest BCUT2D eigenvalue weighted by Gasteiger charge is 2.62. The highest BCUT2D eigenvalue weighted by atomic mass is 35.5. The van der Waals surface area contributed by atoms with E-state index in [1.54, 1.807) is 42.5 Å². The van der Waals surface area contributed by atoms with Crippen molar-refractivity contribution in [2.45, 2.75) is 55.9 Å². The van der Waals surface area contributed by atoms with E-state index < -0.39 is 39.3 Å². The summed E-state index contributed by atoms with van der Waals surface area (Å²) in [5.74, 6) is -1.30. The first kappa shape index (κ1) is 26.7. The number of carboxylic acids is 1. The number of benzene rings is 2. The molecule has 36 heavy (non-hydrogen) atoms. The second-order valence-corrected chi connectivity index (χ2v) is 11.9. The second-order valence-electron chi connectivity index (χ2n) is 9.11. The molecule has 3 atom stereocenters. The van der Waals surface area contributed by atoms with Crippen LogP contribution in [0.5, 0.6) is 11.5 Å². The lowest BCUT2D eigenvalue weighted by molar-refractivity contribution is -0.148. The van der Waals surface area contributed by atoms with Gasteiger partial charge in [-0.15, -0.1) is 0 Å². The number of carboxylic acid groups (broad SMARTS) is 1. The maximum Gasteiger partial charge on any atom is 0.327 e. The third-order valence-electron chi connectivity index (χ3n) is 6.81. The summed E-state index contributed by atoms with van der Waals surface area (Å²) >= 11 is 12.0. The molecule has 1 aliphatic carbocycles. The van der Waals surface area contributed by atoms with Crippen molar-refractivity contribution >= 4 is 45.2 Å². The van der Waals surface area contributed by atoms with E-state index in [9.17, 15) is 23.1 Å². The first-order chi connectivity index (χ1) is 17.1. The van der Waals surface area contributed by atoms with Crippen molar-refractivity contribution < 1.29 is 32.6 Å². The van der Waals surface area contributed by atoms with Gasteiger partial charge in [0.05, 0.1) is 23.2 Å². The largest absolute Gasteiger partial charge is 0.480 e. The lowest BCUT2D eigenvalue weighted by Crippen LogP contribution is -2.66. The van der Waals surface area contributed by atoms with Gasteiger partial charge in [-0.25, -0.2) is 8.42 Å². The Morgan fingerprint density at radius 3 is 2.39 bits per heavy atom. The van der Waals surface area contributed by atoms with E-state index in [0.29, 0.717) is 27.1 Å². The molecule has 1 heterocycles. The highest BCUT2D eigenvalue weighted by Crippen LogP contribution is 2.47. The Morgan fingerprint density at radius 2 is 1.75 bits per heavy atom. The SMILES string of the molecule is COC(=O)[C@H]1[C@H](c2cccc(Oc3ccc(Cl)c(Cl)c3)c2)N([C@@H](CC2CCCCC2)C(=O)O)S1(=O)=O. The molecule has 0 bridgehead atoms. The number of nitrogens with zero attached hydrogens (tertiary/aromatic N) is 1. The van der Waals surface area contributed by atoms with Gasteiger partial charge in [0, 0.05) is 6.07 Å². The topological polar surface area (TPSA) is 110 Å². The quantitative estimate of drug-likeness (QED) is 0.432. The number of ether oxygens (including phenoxy) is 2. The summed E-state index contributed by atoms with van der Waals surface area (Å²) in [5, 5.41) is 9.17. The zero-order valence-corrected chi connectivity index (χ0v) is 21.9. The van der Waals surface area contributed by atoms with Crippen LogP contribution in [0.15, 0.2) is 42.5 Å². The Bertz CT molecular complexity index is 1250. The molecule has 2 aliphatic rings. The van der Waals surface area contributed by atoms with Crippen LogP contribution in [-0.4, -0.2) is 48.2 Å². The van der Waals surface area contributed by atoms with E-state index in [0.717, 1.165) is 43.5 Å². The molecule has 1 saturated heterocycles. The summed E-state index contributed by atoms with van der Waals surface area (Å²) < 4.78 is 38.1. The molecule has 11 heteroatoms. The van der Waals surface area contributed by atoms with Gasteiger partial charge >= 0.3 is 11.9 Å². The zero-order chi connectivity index (χ0) is 26.0. The Balaban J connectivity index is 1.68. The van der Waals surface area contributed by atoms with E-state index in [2.05, 4.69) is 0 Å². The highest BCUT2D eigenvalue weighted by molar-refractivity contribution is 7.92. The number of sulfonamides is 1. The Kier molecular flexibility index (Phi) is 8.14. The molecule has 0 aromatic heterocycles. The minimum atomic E-state index is -4.24. The van der Waals surface area contributed by atoms with Crippen molar-refractivity contribution in [3.05, 3.63) is 58.1 Å². The predicted octanol–water partition coefficient (Wildman–Crippen LogP) is 5.44. The van der Waals surface area contributed by atoms with Crippen LogP contribution in [0.25, 0.3) is 0 Å². The summed E-state index contributed by atoms with van der Waals surface area (Å²) in [6.45, 7) is 0. The summed E-state index contributed by atoms with van der Waals surface area (Å²) in [7, 11) is -3.13. The molecule has 8 nitrogen and oxygen atoms in total. The van der Waals surface area contributed by atoms with Gasteiger partial charge in [-0.1, -0.05) is 67.4 Å². The summed E-state index contributed by atoms with van der Waals surface area (Å²) in [6, 6.07) is 8.96. The van der Waals surface area contributed by atoms with Crippen LogP contribution in [0.2, 0.25) is 10.0 Å². The summed E-state index contributed by atoms with van der Waals surface area (Å²) in [5.41, 5.74) is 0.424. The molecule has 0 spiro atoms. The number of methoxy groups -OCH3 is 1. The molecule has 2 aromatic carbocycles. The normalized spacial score (nSPS) is 22.9. The van der Waals surface area contributed by atoms with Gasteiger partial charge in [0.1, 0.15) is 17.5 Å². The molecule has 1 saturated carbocycles. The molecule has 1 N–H and O–H groups in total. The number of hydrogen-bond donors (Lipinski definition) is 1. The van der Waals surface area contributed by atoms with Crippen LogP contribution < -0.4 is 4.74 Å². The van der Waals surface area contributed by atoms with Crippen molar-refractivity contribution in [3.63, 3.8) is 0 Å². The number of esters is 1. The van der Waals surface area contributed by atoms with Gasteiger partial charge < -0.3 is 14.6 Å². The second kappa shape index (κ2) is 11.0. The van der Waals surface area contributed by atoms with Crippen LogP contribution in [-0.2, 0) is 24.3 Å². The van der Waals surface area contributed by atoms with E-state index >= 15 is 0 Å². The monoisotopic (exact) mass is 555 g/mol.